The molecule has 0 spiro atoms. The van der Waals surface area contributed by atoms with Crippen LogP contribution < -0.4 is 5.32 Å². The van der Waals surface area contributed by atoms with E-state index in [2.05, 4.69) is 29.0 Å². The van der Waals surface area contributed by atoms with E-state index in [0.717, 1.165) is 18.5 Å². The molecule has 0 radical (unpaired) electrons. The lowest BCUT2D eigenvalue weighted by Gasteiger charge is -2.27. The normalized spacial score (nSPS) is 12.6. The van der Waals surface area contributed by atoms with Gasteiger partial charge in [-0.25, -0.2) is 9.37 Å². The second-order valence-corrected chi connectivity index (χ2v) is 6.97. The average Bonchev–Trinajstić information content (AvgIpc) is 3.10. The summed E-state index contributed by atoms with van der Waals surface area (Å²) in [4.78, 5) is 20.7. The molecule has 27 heavy (non-hydrogen) atoms. The number of hydrogen-bond acceptors (Lipinski definition) is 5. The number of oxazole rings is 1. The zero-order chi connectivity index (χ0) is 19.8. The van der Waals surface area contributed by atoms with Crippen LogP contribution in [0.25, 0.3) is 0 Å². The fourth-order valence-corrected chi connectivity index (χ4v) is 2.60. The van der Waals surface area contributed by atoms with Crippen LogP contribution in [-0.4, -0.2) is 53.9 Å². The minimum atomic E-state index is -0.244. The molecule has 148 valence electrons. The molecule has 6 nitrogen and oxygen atoms in total. The van der Waals surface area contributed by atoms with E-state index in [0.29, 0.717) is 31.6 Å². The van der Waals surface area contributed by atoms with Gasteiger partial charge in [0.15, 0.2) is 5.69 Å². The topological polar surface area (TPSA) is 61.6 Å². The Balaban J connectivity index is 1.99. The van der Waals surface area contributed by atoms with E-state index in [1.807, 2.05) is 19.0 Å². The molecule has 1 atom stereocenters. The third kappa shape index (κ3) is 6.77. The van der Waals surface area contributed by atoms with E-state index in [1.165, 1.54) is 18.4 Å². The van der Waals surface area contributed by atoms with Crippen LogP contribution >= 0.6 is 0 Å². The molecule has 1 aromatic heterocycles. The average molecular weight is 376 g/mol. The van der Waals surface area contributed by atoms with Crippen molar-refractivity contribution in [1.82, 2.24) is 20.1 Å². The molecule has 1 unspecified atom stereocenters. The molecule has 0 fully saturated rings. The predicted molar refractivity (Wildman–Crippen MR) is 103 cm³/mol. The number of nitrogens with one attached hydrogen (secondary N) is 1. The molecule has 0 aliphatic rings. The van der Waals surface area contributed by atoms with Crippen molar-refractivity contribution in [3.8, 4) is 0 Å². The molecule has 0 saturated heterocycles. The summed E-state index contributed by atoms with van der Waals surface area (Å²) in [6.45, 7) is 6.69. The minimum Gasteiger partial charge on any atom is -0.447 e. The number of likely N-dealkylation sites (N-methyl/N-ethyl adjacent to an activating group) is 1. The van der Waals surface area contributed by atoms with Crippen molar-refractivity contribution in [3.63, 3.8) is 0 Å². The Morgan fingerprint density at radius 2 is 1.96 bits per heavy atom. The number of benzene rings is 1. The van der Waals surface area contributed by atoms with Crippen LogP contribution in [0.4, 0.5) is 4.39 Å². The summed E-state index contributed by atoms with van der Waals surface area (Å²) >= 11 is 0. The first-order chi connectivity index (χ1) is 12.9. The molecule has 0 aliphatic heterocycles. The number of hydrogen-bond donors (Lipinski definition) is 1. The number of amides is 1. The van der Waals surface area contributed by atoms with E-state index < -0.39 is 0 Å². The van der Waals surface area contributed by atoms with E-state index in [4.69, 9.17) is 4.42 Å². The molecule has 0 bridgehead atoms. The second kappa shape index (κ2) is 10.2. The monoisotopic (exact) mass is 376 g/mol. The molecule has 1 heterocycles. The van der Waals surface area contributed by atoms with E-state index >= 15 is 0 Å². The first-order valence-corrected chi connectivity index (χ1v) is 9.24. The zero-order valence-corrected chi connectivity index (χ0v) is 16.5. The van der Waals surface area contributed by atoms with Crippen LogP contribution in [0.1, 0.15) is 42.2 Å². The summed E-state index contributed by atoms with van der Waals surface area (Å²) in [5, 5.41) is 2.82. The van der Waals surface area contributed by atoms with Crippen molar-refractivity contribution < 1.29 is 13.6 Å². The van der Waals surface area contributed by atoms with Gasteiger partial charge in [0, 0.05) is 25.7 Å². The van der Waals surface area contributed by atoms with Gasteiger partial charge in [-0.2, -0.15) is 0 Å². The van der Waals surface area contributed by atoms with Gasteiger partial charge in [-0.3, -0.25) is 9.69 Å². The summed E-state index contributed by atoms with van der Waals surface area (Å²) in [5.41, 5.74) is 1.31. The lowest BCUT2D eigenvalue weighted by molar-refractivity contribution is 0.0946. The van der Waals surface area contributed by atoms with Gasteiger partial charge >= 0.3 is 0 Å². The van der Waals surface area contributed by atoms with E-state index in [-0.39, 0.29) is 17.4 Å². The smallest absolute Gasteiger partial charge is 0.273 e. The molecule has 2 aromatic rings. The van der Waals surface area contributed by atoms with Crippen LogP contribution in [0, 0.1) is 5.82 Å². The third-order valence-corrected chi connectivity index (χ3v) is 4.48. The van der Waals surface area contributed by atoms with Gasteiger partial charge in [-0.1, -0.05) is 19.1 Å². The van der Waals surface area contributed by atoms with Gasteiger partial charge in [0.05, 0.1) is 6.54 Å². The van der Waals surface area contributed by atoms with Crippen LogP contribution in [-0.2, 0) is 13.1 Å². The maximum Gasteiger partial charge on any atom is 0.273 e. The zero-order valence-electron chi connectivity index (χ0n) is 16.5. The highest BCUT2D eigenvalue weighted by atomic mass is 19.1. The molecule has 1 amide bonds. The van der Waals surface area contributed by atoms with Gasteiger partial charge < -0.3 is 14.6 Å². The molecular weight excluding hydrogens is 347 g/mol. The van der Waals surface area contributed by atoms with Gasteiger partial charge in [0.2, 0.25) is 5.89 Å². The predicted octanol–water partition coefficient (Wildman–Crippen LogP) is 2.91. The quantitative estimate of drug-likeness (QED) is 0.691. The molecule has 7 heteroatoms. The van der Waals surface area contributed by atoms with E-state index in [9.17, 15) is 9.18 Å². The maximum absolute atomic E-state index is 13.1. The van der Waals surface area contributed by atoms with Crippen molar-refractivity contribution >= 4 is 5.91 Å². The van der Waals surface area contributed by atoms with Crippen molar-refractivity contribution in [3.05, 3.63) is 53.5 Å². The fraction of sp³-hybridized carbons (Fsp3) is 0.500. The van der Waals surface area contributed by atoms with Crippen molar-refractivity contribution in [2.75, 3.05) is 27.2 Å². The van der Waals surface area contributed by atoms with Crippen LogP contribution in [0.3, 0.4) is 0 Å². The lowest BCUT2D eigenvalue weighted by atomic mass is 10.1. The van der Waals surface area contributed by atoms with Crippen LogP contribution in [0.5, 0.6) is 0 Å². The number of carbonyl (C=O) groups excluding carboxylic acids is 1. The highest BCUT2D eigenvalue weighted by Crippen LogP contribution is 2.15. The van der Waals surface area contributed by atoms with Crippen LogP contribution in [0.2, 0.25) is 0 Å². The Hall–Kier alpha value is -2.25. The number of halogens is 1. The van der Waals surface area contributed by atoms with Crippen molar-refractivity contribution in [2.45, 2.75) is 39.4 Å². The molecular formula is C20H29FN4O2. The highest BCUT2D eigenvalue weighted by Gasteiger charge is 2.18. The number of aromatic nitrogens is 1. The molecule has 1 N–H and O–H groups in total. The summed E-state index contributed by atoms with van der Waals surface area (Å²) in [7, 11) is 3.90. The lowest BCUT2D eigenvalue weighted by Crippen LogP contribution is -2.32. The Kier molecular flexibility index (Phi) is 7.94. The number of nitrogens with zero attached hydrogens (tertiary/aromatic N) is 3. The Labute approximate surface area is 160 Å². The fourth-order valence-electron chi connectivity index (χ4n) is 2.60. The van der Waals surface area contributed by atoms with Crippen molar-refractivity contribution in [2.24, 2.45) is 0 Å². The summed E-state index contributed by atoms with van der Waals surface area (Å²) in [5.74, 6) is 0.0158. The van der Waals surface area contributed by atoms with Crippen LogP contribution in [0.15, 0.2) is 34.9 Å². The first-order valence-electron chi connectivity index (χ1n) is 9.24. The number of carbonyl (C=O) groups is 1. The second-order valence-electron chi connectivity index (χ2n) is 6.97. The summed E-state index contributed by atoms with van der Waals surface area (Å²) < 4.78 is 18.6. The standard InChI is InChI=1S/C20H29FN4O2/c1-5-15(2)25(12-16-6-8-17(21)9-7-16)13-19-23-18(14-27-19)20(26)22-10-11-24(3)4/h6-9,14-15H,5,10-13H2,1-4H3,(H,22,26). The first kappa shape index (κ1) is 21.1. The van der Waals surface area contributed by atoms with Crippen molar-refractivity contribution in [1.29, 1.82) is 0 Å². The SMILES string of the molecule is CCC(C)N(Cc1ccc(F)cc1)Cc1nc(C(=O)NCCN(C)C)co1. The Bertz CT molecular complexity index is 715. The molecule has 0 aliphatic carbocycles. The molecule has 2 rings (SSSR count). The largest absolute Gasteiger partial charge is 0.447 e. The maximum atomic E-state index is 13.1. The minimum absolute atomic E-state index is 0.236. The summed E-state index contributed by atoms with van der Waals surface area (Å²) in [6.07, 6.45) is 2.35. The van der Waals surface area contributed by atoms with Gasteiger partial charge in [-0.15, -0.1) is 0 Å². The Morgan fingerprint density at radius 1 is 1.26 bits per heavy atom. The van der Waals surface area contributed by atoms with Gasteiger partial charge in [0.25, 0.3) is 5.91 Å². The summed E-state index contributed by atoms with van der Waals surface area (Å²) in [6, 6.07) is 6.78. The third-order valence-electron chi connectivity index (χ3n) is 4.48. The van der Waals surface area contributed by atoms with Gasteiger partial charge in [0.1, 0.15) is 12.1 Å². The van der Waals surface area contributed by atoms with E-state index in [1.54, 1.807) is 12.1 Å². The Morgan fingerprint density at radius 3 is 2.59 bits per heavy atom. The van der Waals surface area contributed by atoms with Gasteiger partial charge in [-0.05, 0) is 45.1 Å². The highest BCUT2D eigenvalue weighted by molar-refractivity contribution is 5.91. The number of rotatable bonds is 10. The molecule has 1 aromatic carbocycles. The molecule has 0 saturated carbocycles.